The van der Waals surface area contributed by atoms with Gasteiger partial charge in [0, 0.05) is 31.6 Å². The van der Waals surface area contributed by atoms with Gasteiger partial charge in [0.25, 0.3) is 0 Å². The lowest BCUT2D eigenvalue weighted by Gasteiger charge is -2.39. The number of amides is 1. The zero-order valence-corrected chi connectivity index (χ0v) is 11.3. The van der Waals surface area contributed by atoms with Crippen LogP contribution in [0.4, 0.5) is 0 Å². The van der Waals surface area contributed by atoms with Crippen LogP contribution in [0.15, 0.2) is 0 Å². The van der Waals surface area contributed by atoms with Crippen molar-refractivity contribution in [2.45, 2.75) is 64.6 Å². The molecule has 0 heterocycles. The van der Waals surface area contributed by atoms with E-state index >= 15 is 0 Å². The predicted octanol–water partition coefficient (Wildman–Crippen LogP) is 1.14. The summed E-state index contributed by atoms with van der Waals surface area (Å²) < 4.78 is 0. The highest BCUT2D eigenvalue weighted by molar-refractivity contribution is 5.73. The first-order valence-corrected chi connectivity index (χ1v) is 6.68. The largest absolute Gasteiger partial charge is 0.395 e. The van der Waals surface area contributed by atoms with Gasteiger partial charge in [-0.3, -0.25) is 9.69 Å². The second kappa shape index (κ2) is 6.97. The van der Waals surface area contributed by atoms with E-state index in [1.165, 1.54) is 0 Å². The van der Waals surface area contributed by atoms with Crippen molar-refractivity contribution in [2.24, 2.45) is 0 Å². The number of aliphatic hydroxyl groups is 1. The fourth-order valence-electron chi connectivity index (χ4n) is 2.82. The molecule has 0 spiro atoms. The summed E-state index contributed by atoms with van der Waals surface area (Å²) in [6.45, 7) is 6.92. The van der Waals surface area contributed by atoms with E-state index in [0.29, 0.717) is 18.1 Å². The molecule has 4 nitrogen and oxygen atoms in total. The summed E-state index contributed by atoms with van der Waals surface area (Å²) in [4.78, 5) is 13.4. The Bertz CT molecular complexity index is 236. The van der Waals surface area contributed by atoms with Crippen LogP contribution in [0, 0.1) is 0 Å². The number of hydrogen-bond donors (Lipinski definition) is 2. The number of carbonyl (C=O) groups excluding carboxylic acids is 1. The van der Waals surface area contributed by atoms with Crippen LogP contribution in [0.2, 0.25) is 0 Å². The quantitative estimate of drug-likeness (QED) is 0.760. The van der Waals surface area contributed by atoms with Crippen molar-refractivity contribution in [1.82, 2.24) is 10.2 Å². The topological polar surface area (TPSA) is 52.6 Å². The number of carbonyl (C=O) groups is 1. The van der Waals surface area contributed by atoms with Crippen molar-refractivity contribution in [1.29, 1.82) is 0 Å². The van der Waals surface area contributed by atoms with Gasteiger partial charge in [-0.25, -0.2) is 0 Å². The second-order valence-corrected chi connectivity index (χ2v) is 5.26. The van der Waals surface area contributed by atoms with E-state index in [4.69, 9.17) is 5.11 Å². The third kappa shape index (κ3) is 4.64. The van der Waals surface area contributed by atoms with E-state index in [1.807, 2.05) is 0 Å². The third-order valence-corrected chi connectivity index (χ3v) is 3.59. The molecular formula is C13H26N2O2. The molecule has 1 fully saturated rings. The van der Waals surface area contributed by atoms with Gasteiger partial charge < -0.3 is 10.4 Å². The average molecular weight is 242 g/mol. The van der Waals surface area contributed by atoms with Crippen LogP contribution in [0.5, 0.6) is 0 Å². The van der Waals surface area contributed by atoms with E-state index in [9.17, 15) is 4.79 Å². The van der Waals surface area contributed by atoms with Gasteiger partial charge in [-0.15, -0.1) is 0 Å². The highest BCUT2D eigenvalue weighted by atomic mass is 16.3. The van der Waals surface area contributed by atoms with Crippen LogP contribution < -0.4 is 5.32 Å². The number of rotatable bonds is 5. The number of nitrogens with one attached hydrogen (secondary N) is 1. The number of nitrogens with zero attached hydrogens (tertiary/aromatic N) is 1. The average Bonchev–Trinajstić information content (AvgIpc) is 2.26. The Morgan fingerprint density at radius 2 is 1.94 bits per heavy atom. The van der Waals surface area contributed by atoms with Crippen LogP contribution in [0.25, 0.3) is 0 Å². The monoisotopic (exact) mass is 242 g/mol. The number of aliphatic hydroxyl groups excluding tert-OH is 1. The van der Waals surface area contributed by atoms with Gasteiger partial charge in [-0.05, 0) is 39.5 Å². The lowest BCUT2D eigenvalue weighted by Crippen LogP contribution is -2.47. The minimum Gasteiger partial charge on any atom is -0.395 e. The predicted molar refractivity (Wildman–Crippen MR) is 68.8 cm³/mol. The SMILES string of the molecule is CC(=O)NC1CCC(N(CCO)C(C)C)CC1. The fraction of sp³-hybridized carbons (Fsp3) is 0.923. The van der Waals surface area contributed by atoms with Gasteiger partial charge in [0.15, 0.2) is 0 Å². The van der Waals surface area contributed by atoms with Gasteiger partial charge in [-0.2, -0.15) is 0 Å². The van der Waals surface area contributed by atoms with Crippen molar-refractivity contribution in [3.05, 3.63) is 0 Å². The molecule has 0 bridgehead atoms. The summed E-state index contributed by atoms with van der Waals surface area (Å²) in [5, 5.41) is 12.1. The van der Waals surface area contributed by atoms with E-state index < -0.39 is 0 Å². The summed E-state index contributed by atoms with van der Waals surface area (Å²) in [7, 11) is 0. The smallest absolute Gasteiger partial charge is 0.217 e. The fourth-order valence-corrected chi connectivity index (χ4v) is 2.82. The Balaban J connectivity index is 2.41. The van der Waals surface area contributed by atoms with Crippen LogP contribution in [0.1, 0.15) is 46.5 Å². The lowest BCUT2D eigenvalue weighted by atomic mass is 9.89. The van der Waals surface area contributed by atoms with Crippen LogP contribution in [0.3, 0.4) is 0 Å². The molecule has 0 aromatic carbocycles. The Kier molecular flexibility index (Phi) is 5.92. The van der Waals surface area contributed by atoms with E-state index in [-0.39, 0.29) is 12.5 Å². The van der Waals surface area contributed by atoms with E-state index in [0.717, 1.165) is 32.2 Å². The van der Waals surface area contributed by atoms with Crippen LogP contribution >= 0.6 is 0 Å². The van der Waals surface area contributed by atoms with E-state index in [2.05, 4.69) is 24.1 Å². The Morgan fingerprint density at radius 3 is 2.35 bits per heavy atom. The van der Waals surface area contributed by atoms with Gasteiger partial charge >= 0.3 is 0 Å². The van der Waals surface area contributed by atoms with Gasteiger partial charge in [0.05, 0.1) is 6.61 Å². The molecule has 0 saturated heterocycles. The molecule has 2 N–H and O–H groups in total. The van der Waals surface area contributed by atoms with Gasteiger partial charge in [0.2, 0.25) is 5.91 Å². The molecule has 0 unspecified atom stereocenters. The Hall–Kier alpha value is -0.610. The standard InChI is InChI=1S/C13H26N2O2/c1-10(2)15(8-9-16)13-6-4-12(5-7-13)14-11(3)17/h10,12-13,16H,4-9H2,1-3H3,(H,14,17). The highest BCUT2D eigenvalue weighted by Gasteiger charge is 2.27. The van der Waals surface area contributed by atoms with Gasteiger partial charge in [0.1, 0.15) is 0 Å². The Labute approximate surface area is 104 Å². The maximum absolute atomic E-state index is 11.0. The Morgan fingerprint density at radius 1 is 1.35 bits per heavy atom. The van der Waals surface area contributed by atoms with Crippen LogP contribution in [-0.2, 0) is 4.79 Å². The minimum atomic E-state index is 0.0736. The second-order valence-electron chi connectivity index (χ2n) is 5.26. The summed E-state index contributed by atoms with van der Waals surface area (Å²) in [5.74, 6) is 0.0736. The molecule has 1 amide bonds. The first kappa shape index (κ1) is 14.5. The summed E-state index contributed by atoms with van der Waals surface area (Å²) in [6, 6.07) is 1.39. The third-order valence-electron chi connectivity index (χ3n) is 3.59. The highest BCUT2D eigenvalue weighted by Crippen LogP contribution is 2.24. The molecule has 0 aliphatic heterocycles. The maximum atomic E-state index is 11.0. The molecule has 0 aromatic rings. The van der Waals surface area contributed by atoms with Gasteiger partial charge in [-0.1, -0.05) is 0 Å². The molecule has 4 heteroatoms. The van der Waals surface area contributed by atoms with Crippen molar-refractivity contribution in [3.63, 3.8) is 0 Å². The van der Waals surface area contributed by atoms with Crippen molar-refractivity contribution in [2.75, 3.05) is 13.2 Å². The number of hydrogen-bond acceptors (Lipinski definition) is 3. The summed E-state index contributed by atoms with van der Waals surface area (Å²) in [6.07, 6.45) is 4.34. The normalized spacial score (nSPS) is 25.3. The van der Waals surface area contributed by atoms with Crippen molar-refractivity contribution in [3.8, 4) is 0 Å². The molecule has 0 aromatic heterocycles. The van der Waals surface area contributed by atoms with E-state index in [1.54, 1.807) is 6.92 Å². The zero-order chi connectivity index (χ0) is 12.8. The minimum absolute atomic E-state index is 0.0736. The molecule has 1 saturated carbocycles. The maximum Gasteiger partial charge on any atom is 0.217 e. The van der Waals surface area contributed by atoms with Crippen LogP contribution in [-0.4, -0.2) is 47.2 Å². The first-order valence-electron chi connectivity index (χ1n) is 6.68. The first-order chi connectivity index (χ1) is 8.04. The lowest BCUT2D eigenvalue weighted by molar-refractivity contribution is -0.119. The molecule has 1 aliphatic carbocycles. The molecule has 100 valence electrons. The molecule has 0 atom stereocenters. The molecule has 1 rings (SSSR count). The molecule has 1 aliphatic rings. The summed E-state index contributed by atoms with van der Waals surface area (Å²) >= 11 is 0. The molecular weight excluding hydrogens is 216 g/mol. The van der Waals surface area contributed by atoms with Crippen molar-refractivity contribution < 1.29 is 9.90 Å². The molecule has 17 heavy (non-hydrogen) atoms. The zero-order valence-electron chi connectivity index (χ0n) is 11.3. The molecule has 0 radical (unpaired) electrons. The van der Waals surface area contributed by atoms with Crippen molar-refractivity contribution >= 4 is 5.91 Å². The summed E-state index contributed by atoms with van der Waals surface area (Å²) in [5.41, 5.74) is 0.